The van der Waals surface area contributed by atoms with Gasteiger partial charge in [0.1, 0.15) is 0 Å². The maximum atomic E-state index is 12.2. The largest absolute Gasteiger partial charge is 0.356 e. The van der Waals surface area contributed by atoms with Crippen molar-refractivity contribution in [3.8, 4) is 0 Å². The fourth-order valence-electron chi connectivity index (χ4n) is 2.72. The summed E-state index contributed by atoms with van der Waals surface area (Å²) in [5.74, 6) is 1.30. The quantitative estimate of drug-likeness (QED) is 0.758. The van der Waals surface area contributed by atoms with Crippen LogP contribution in [0.3, 0.4) is 0 Å². The summed E-state index contributed by atoms with van der Waals surface area (Å²) in [5.41, 5.74) is 0. The van der Waals surface area contributed by atoms with Crippen molar-refractivity contribution in [2.45, 2.75) is 40.0 Å². The monoisotopic (exact) mass is 280 g/mol. The molecule has 1 atom stereocenters. The first-order valence-corrected chi connectivity index (χ1v) is 7.68. The minimum Gasteiger partial charge on any atom is -0.356 e. The molecule has 0 aliphatic carbocycles. The topological polar surface area (TPSA) is 49.4 Å². The van der Waals surface area contributed by atoms with Crippen molar-refractivity contribution in [2.24, 2.45) is 17.8 Å². The molecule has 4 heteroatoms. The summed E-state index contributed by atoms with van der Waals surface area (Å²) in [5, 5.41) is 3.08. The molecule has 1 saturated heterocycles. The molecule has 1 aliphatic rings. The lowest BCUT2D eigenvalue weighted by Crippen LogP contribution is -2.43. The summed E-state index contributed by atoms with van der Waals surface area (Å²) < 4.78 is 0. The van der Waals surface area contributed by atoms with Crippen LogP contribution in [0, 0.1) is 17.8 Å². The lowest BCUT2D eigenvalue weighted by atomic mass is 9.92. The van der Waals surface area contributed by atoms with Gasteiger partial charge in [-0.1, -0.05) is 33.8 Å². The second-order valence-electron chi connectivity index (χ2n) is 5.96. The lowest BCUT2D eigenvalue weighted by molar-refractivity contribution is -0.132. The van der Waals surface area contributed by atoms with Gasteiger partial charge in [0.2, 0.25) is 11.8 Å². The van der Waals surface area contributed by atoms with Crippen molar-refractivity contribution in [2.75, 3.05) is 19.6 Å². The third-order valence-corrected chi connectivity index (χ3v) is 4.36. The Morgan fingerprint density at radius 3 is 2.40 bits per heavy atom. The molecule has 1 rings (SSSR count). The number of piperidine rings is 1. The van der Waals surface area contributed by atoms with Crippen LogP contribution in [0.5, 0.6) is 0 Å². The van der Waals surface area contributed by atoms with Gasteiger partial charge in [0.25, 0.3) is 0 Å². The van der Waals surface area contributed by atoms with E-state index in [2.05, 4.69) is 32.7 Å². The number of nitrogens with zero attached hydrogens (tertiary/aromatic N) is 1. The van der Waals surface area contributed by atoms with E-state index in [0.29, 0.717) is 24.9 Å². The number of hydrogen-bond donors (Lipinski definition) is 1. The van der Waals surface area contributed by atoms with Crippen molar-refractivity contribution in [1.29, 1.82) is 0 Å². The fraction of sp³-hybridized carbons (Fsp3) is 0.750. The molecule has 1 N–H and O–H groups in total. The van der Waals surface area contributed by atoms with Crippen LogP contribution in [0.1, 0.15) is 40.0 Å². The highest BCUT2D eigenvalue weighted by molar-refractivity contribution is 5.87. The summed E-state index contributed by atoms with van der Waals surface area (Å²) in [7, 11) is 0. The first kappa shape index (κ1) is 16.7. The van der Waals surface area contributed by atoms with Crippen LogP contribution in [-0.4, -0.2) is 36.3 Å². The average Bonchev–Trinajstić information content (AvgIpc) is 2.46. The van der Waals surface area contributed by atoms with Crippen molar-refractivity contribution in [1.82, 2.24) is 10.2 Å². The van der Waals surface area contributed by atoms with Crippen molar-refractivity contribution < 1.29 is 9.59 Å². The van der Waals surface area contributed by atoms with Gasteiger partial charge in [0, 0.05) is 25.6 Å². The molecule has 1 aliphatic heterocycles. The van der Waals surface area contributed by atoms with E-state index in [1.165, 1.54) is 6.08 Å². The predicted octanol–water partition coefficient (Wildman–Crippen LogP) is 2.21. The highest BCUT2D eigenvalue weighted by Crippen LogP contribution is 2.18. The standard InChI is InChI=1S/C16H28N2O2/c1-5-13(12(3)4)11-17-16(20)14-7-9-18(10-8-14)15(19)6-2/h6,12-14H,2,5,7-11H2,1,3-4H3,(H,17,20). The lowest BCUT2D eigenvalue weighted by Gasteiger charge is -2.31. The van der Waals surface area contributed by atoms with Gasteiger partial charge >= 0.3 is 0 Å². The maximum absolute atomic E-state index is 12.2. The average molecular weight is 280 g/mol. The van der Waals surface area contributed by atoms with E-state index in [9.17, 15) is 9.59 Å². The van der Waals surface area contributed by atoms with E-state index in [1.807, 2.05) is 0 Å². The van der Waals surface area contributed by atoms with Gasteiger partial charge in [-0.25, -0.2) is 0 Å². The Bertz CT molecular complexity index is 344. The maximum Gasteiger partial charge on any atom is 0.245 e. The van der Waals surface area contributed by atoms with Gasteiger partial charge in [0.05, 0.1) is 0 Å². The van der Waals surface area contributed by atoms with Crippen LogP contribution in [0.15, 0.2) is 12.7 Å². The highest BCUT2D eigenvalue weighted by atomic mass is 16.2. The highest BCUT2D eigenvalue weighted by Gasteiger charge is 2.26. The Morgan fingerprint density at radius 2 is 1.95 bits per heavy atom. The Balaban J connectivity index is 2.36. The molecule has 0 aromatic carbocycles. The van der Waals surface area contributed by atoms with Crippen molar-refractivity contribution in [3.05, 3.63) is 12.7 Å². The van der Waals surface area contributed by atoms with E-state index >= 15 is 0 Å². The minimum absolute atomic E-state index is 0.0327. The first-order chi connectivity index (χ1) is 9.49. The van der Waals surface area contributed by atoms with Gasteiger partial charge < -0.3 is 10.2 Å². The SMILES string of the molecule is C=CC(=O)N1CCC(C(=O)NCC(CC)C(C)C)CC1. The van der Waals surface area contributed by atoms with Crippen LogP contribution in [0.2, 0.25) is 0 Å². The number of carbonyl (C=O) groups excluding carboxylic acids is 2. The molecule has 0 saturated carbocycles. The van der Waals surface area contributed by atoms with Gasteiger partial charge in [-0.2, -0.15) is 0 Å². The number of nitrogens with one attached hydrogen (secondary N) is 1. The molecule has 114 valence electrons. The molecule has 0 bridgehead atoms. The molecule has 1 heterocycles. The van der Waals surface area contributed by atoms with E-state index in [-0.39, 0.29) is 17.7 Å². The van der Waals surface area contributed by atoms with Gasteiger partial charge in [0.15, 0.2) is 0 Å². The summed E-state index contributed by atoms with van der Waals surface area (Å²) in [6.45, 7) is 12.1. The zero-order chi connectivity index (χ0) is 15.1. The molecule has 2 amide bonds. The third kappa shape index (κ3) is 4.66. The van der Waals surface area contributed by atoms with Gasteiger partial charge in [-0.05, 0) is 30.8 Å². The predicted molar refractivity (Wildman–Crippen MR) is 81.1 cm³/mol. The molecule has 4 nitrogen and oxygen atoms in total. The zero-order valence-corrected chi connectivity index (χ0v) is 13.0. The Labute approximate surface area is 122 Å². The summed E-state index contributed by atoms with van der Waals surface area (Å²) in [4.78, 5) is 25.4. The van der Waals surface area contributed by atoms with Gasteiger partial charge in [-0.3, -0.25) is 9.59 Å². The molecule has 0 aromatic rings. The molecule has 0 spiro atoms. The van der Waals surface area contributed by atoms with Crippen molar-refractivity contribution >= 4 is 11.8 Å². The molecule has 1 fully saturated rings. The molecular weight excluding hydrogens is 252 g/mol. The number of likely N-dealkylation sites (tertiary alicyclic amines) is 1. The zero-order valence-electron chi connectivity index (χ0n) is 13.0. The number of rotatable bonds is 6. The van der Waals surface area contributed by atoms with E-state index in [4.69, 9.17) is 0 Å². The molecule has 0 aromatic heterocycles. The number of amides is 2. The second-order valence-corrected chi connectivity index (χ2v) is 5.96. The molecule has 1 unspecified atom stereocenters. The number of carbonyl (C=O) groups is 2. The smallest absolute Gasteiger partial charge is 0.245 e. The van der Waals surface area contributed by atoms with Crippen LogP contribution < -0.4 is 5.32 Å². The minimum atomic E-state index is -0.0327. The molecular formula is C16H28N2O2. The first-order valence-electron chi connectivity index (χ1n) is 7.68. The number of hydrogen-bond acceptors (Lipinski definition) is 2. The van der Waals surface area contributed by atoms with E-state index in [0.717, 1.165) is 25.8 Å². The van der Waals surface area contributed by atoms with E-state index in [1.54, 1.807) is 4.90 Å². The summed E-state index contributed by atoms with van der Waals surface area (Å²) >= 11 is 0. The van der Waals surface area contributed by atoms with Crippen molar-refractivity contribution in [3.63, 3.8) is 0 Å². The fourth-order valence-corrected chi connectivity index (χ4v) is 2.72. The summed E-state index contributed by atoms with van der Waals surface area (Å²) in [6.07, 6.45) is 3.94. The Hall–Kier alpha value is -1.32. The normalized spacial score (nSPS) is 17.9. The second kappa shape index (κ2) is 8.08. The van der Waals surface area contributed by atoms with E-state index < -0.39 is 0 Å². The third-order valence-electron chi connectivity index (χ3n) is 4.36. The Morgan fingerprint density at radius 1 is 1.35 bits per heavy atom. The van der Waals surface area contributed by atoms with Gasteiger partial charge in [-0.15, -0.1) is 0 Å². The summed E-state index contributed by atoms with van der Waals surface area (Å²) in [6, 6.07) is 0. The van der Waals surface area contributed by atoms with Crippen LogP contribution >= 0.6 is 0 Å². The van der Waals surface area contributed by atoms with Crippen LogP contribution in [0.25, 0.3) is 0 Å². The van der Waals surface area contributed by atoms with Crippen LogP contribution in [0.4, 0.5) is 0 Å². The molecule has 0 radical (unpaired) electrons. The van der Waals surface area contributed by atoms with Crippen LogP contribution in [-0.2, 0) is 9.59 Å². The Kier molecular flexibility index (Phi) is 6.76. The molecule has 20 heavy (non-hydrogen) atoms.